The van der Waals surface area contributed by atoms with Crippen LogP contribution < -0.4 is 15.8 Å². The molecule has 9 heteroatoms. The molecule has 37 heavy (non-hydrogen) atoms. The van der Waals surface area contributed by atoms with Crippen LogP contribution in [0.15, 0.2) is 113 Å². The largest absolute Gasteiger partial charge is 0.325 e. The lowest BCUT2D eigenvalue weighted by Crippen LogP contribution is -2.19. The van der Waals surface area contributed by atoms with E-state index >= 15 is 0 Å². The fraction of sp³-hybridized carbons (Fsp3) is 0.0714. The molecule has 0 saturated carbocycles. The summed E-state index contributed by atoms with van der Waals surface area (Å²) in [5.41, 5.74) is 3.55. The number of nitrogens with one attached hydrogen (secondary N) is 2. The van der Waals surface area contributed by atoms with Crippen LogP contribution in [-0.2, 0) is 14.8 Å². The molecule has 4 N–H and O–H groups in total. The van der Waals surface area contributed by atoms with Crippen molar-refractivity contribution in [2.75, 3.05) is 10.6 Å². The number of anilines is 2. The van der Waals surface area contributed by atoms with Gasteiger partial charge in [-0.25, -0.2) is 13.6 Å². The molecule has 4 aromatic carbocycles. The monoisotopic (exact) mass is 531 g/mol. The van der Waals surface area contributed by atoms with Crippen molar-refractivity contribution >= 4 is 45.0 Å². The Labute approximate surface area is 220 Å². The van der Waals surface area contributed by atoms with Gasteiger partial charge in [0.25, 0.3) is 5.91 Å². The summed E-state index contributed by atoms with van der Waals surface area (Å²) in [4.78, 5) is 26.6. The van der Waals surface area contributed by atoms with Crippen molar-refractivity contribution in [2.45, 2.75) is 22.0 Å². The summed E-state index contributed by atoms with van der Waals surface area (Å²) >= 11 is 1.36. The first-order valence-corrected chi connectivity index (χ1v) is 13.7. The van der Waals surface area contributed by atoms with Gasteiger partial charge in [0.2, 0.25) is 15.9 Å². The minimum Gasteiger partial charge on any atom is -0.325 e. The van der Waals surface area contributed by atoms with Gasteiger partial charge in [0.05, 0.1) is 4.90 Å². The third kappa shape index (κ3) is 7.07. The molecule has 0 aliphatic heterocycles. The van der Waals surface area contributed by atoms with Crippen molar-refractivity contribution < 1.29 is 18.0 Å². The molecular weight excluding hydrogens is 506 g/mol. The van der Waals surface area contributed by atoms with Crippen molar-refractivity contribution in [3.05, 3.63) is 120 Å². The van der Waals surface area contributed by atoms with E-state index in [-0.39, 0.29) is 16.7 Å². The number of hydrogen-bond donors (Lipinski definition) is 3. The van der Waals surface area contributed by atoms with Crippen LogP contribution in [0.1, 0.15) is 26.7 Å². The molecule has 7 nitrogen and oxygen atoms in total. The van der Waals surface area contributed by atoms with E-state index in [9.17, 15) is 18.0 Å². The second kappa shape index (κ2) is 11.4. The van der Waals surface area contributed by atoms with E-state index in [2.05, 4.69) is 10.6 Å². The maximum atomic E-state index is 13.3. The number of hydrogen-bond acceptors (Lipinski definition) is 5. The zero-order chi connectivity index (χ0) is 26.4. The van der Waals surface area contributed by atoms with Crippen LogP contribution >= 0.6 is 11.8 Å². The molecule has 188 valence electrons. The minimum atomic E-state index is -3.82. The molecule has 0 heterocycles. The van der Waals surface area contributed by atoms with Crippen LogP contribution in [0.25, 0.3) is 0 Å². The van der Waals surface area contributed by atoms with E-state index in [1.165, 1.54) is 36.0 Å². The molecule has 0 aromatic heterocycles. The van der Waals surface area contributed by atoms with E-state index < -0.39 is 15.3 Å². The SMILES string of the molecule is Cc1ccc(C(=O)Nc2ccc(SC(C(=O)Nc3ccc(S(N)(=O)=O)cc3)c3ccccc3)cc2)cc1. The Morgan fingerprint density at radius 1 is 0.757 bits per heavy atom. The summed E-state index contributed by atoms with van der Waals surface area (Å²) in [5.74, 6) is -0.466. The van der Waals surface area contributed by atoms with Gasteiger partial charge in [-0.05, 0) is 73.2 Å². The minimum absolute atomic E-state index is 0.0333. The quantitative estimate of drug-likeness (QED) is 0.264. The van der Waals surface area contributed by atoms with Gasteiger partial charge in [-0.15, -0.1) is 11.8 Å². The van der Waals surface area contributed by atoms with Crippen molar-refractivity contribution in [1.29, 1.82) is 0 Å². The molecule has 0 spiro atoms. The molecule has 0 aliphatic rings. The van der Waals surface area contributed by atoms with Gasteiger partial charge in [-0.2, -0.15) is 0 Å². The van der Waals surface area contributed by atoms with Crippen molar-refractivity contribution in [3.63, 3.8) is 0 Å². The lowest BCUT2D eigenvalue weighted by Gasteiger charge is -2.17. The second-order valence-corrected chi connectivity index (χ2v) is 11.1. The zero-order valence-corrected chi connectivity index (χ0v) is 21.6. The normalized spacial score (nSPS) is 11.9. The first-order chi connectivity index (χ1) is 17.7. The van der Waals surface area contributed by atoms with Gasteiger partial charge in [0.1, 0.15) is 5.25 Å². The summed E-state index contributed by atoms with van der Waals surface area (Å²) in [7, 11) is -3.82. The van der Waals surface area contributed by atoms with Crippen LogP contribution in [-0.4, -0.2) is 20.2 Å². The number of rotatable bonds is 8. The van der Waals surface area contributed by atoms with E-state index in [4.69, 9.17) is 5.14 Å². The van der Waals surface area contributed by atoms with E-state index in [1.807, 2.05) is 61.5 Å². The zero-order valence-electron chi connectivity index (χ0n) is 19.9. The van der Waals surface area contributed by atoms with E-state index in [0.717, 1.165) is 16.0 Å². The van der Waals surface area contributed by atoms with Crippen molar-refractivity contribution in [2.24, 2.45) is 5.14 Å². The average Bonchev–Trinajstić information content (AvgIpc) is 2.89. The smallest absolute Gasteiger partial charge is 0.255 e. The second-order valence-electron chi connectivity index (χ2n) is 8.31. The van der Waals surface area contributed by atoms with Gasteiger partial charge in [-0.1, -0.05) is 48.0 Å². The Bertz CT molecular complexity index is 1490. The lowest BCUT2D eigenvalue weighted by molar-refractivity contribution is -0.115. The number of thioether (sulfide) groups is 1. The molecule has 2 amide bonds. The number of primary sulfonamides is 1. The first kappa shape index (κ1) is 26.2. The summed E-state index contributed by atoms with van der Waals surface area (Å²) in [5, 5.41) is 10.3. The third-order valence-electron chi connectivity index (χ3n) is 5.47. The topological polar surface area (TPSA) is 118 Å². The standard InChI is InChI=1S/C28H25N3O4S2/c1-19-7-9-21(10-8-19)27(32)30-22-11-15-24(16-12-22)36-26(20-5-3-2-4-6-20)28(33)31-23-13-17-25(18-14-23)37(29,34)35/h2-18,26H,1H3,(H,30,32)(H,31,33)(H2,29,34,35). The van der Waals surface area contributed by atoms with Crippen LogP contribution in [0.5, 0.6) is 0 Å². The Hall–Kier alpha value is -3.92. The highest BCUT2D eigenvalue weighted by Gasteiger charge is 2.22. The van der Waals surface area contributed by atoms with Crippen LogP contribution in [0.4, 0.5) is 11.4 Å². The van der Waals surface area contributed by atoms with Gasteiger partial charge >= 0.3 is 0 Å². The Morgan fingerprint density at radius 2 is 1.32 bits per heavy atom. The van der Waals surface area contributed by atoms with E-state index in [0.29, 0.717) is 16.9 Å². The molecule has 0 aliphatic carbocycles. The summed E-state index contributed by atoms with van der Waals surface area (Å²) in [6, 6.07) is 29.6. The molecule has 0 radical (unpaired) electrons. The fourth-order valence-electron chi connectivity index (χ4n) is 3.50. The van der Waals surface area contributed by atoms with Crippen LogP contribution in [0.2, 0.25) is 0 Å². The number of carbonyl (C=O) groups is 2. The summed E-state index contributed by atoms with van der Waals surface area (Å²) in [6.07, 6.45) is 0. The molecule has 0 fully saturated rings. The first-order valence-electron chi connectivity index (χ1n) is 11.3. The molecule has 4 aromatic rings. The van der Waals surface area contributed by atoms with E-state index in [1.54, 1.807) is 24.3 Å². The third-order valence-corrected chi connectivity index (χ3v) is 7.67. The van der Waals surface area contributed by atoms with Crippen LogP contribution in [0, 0.1) is 6.92 Å². The molecule has 4 rings (SSSR count). The molecule has 0 bridgehead atoms. The summed E-state index contributed by atoms with van der Waals surface area (Å²) in [6.45, 7) is 1.96. The number of aryl methyl sites for hydroxylation is 1. The molecule has 1 atom stereocenters. The van der Waals surface area contributed by atoms with Crippen LogP contribution in [0.3, 0.4) is 0 Å². The Kier molecular flexibility index (Phi) is 8.08. The highest BCUT2D eigenvalue weighted by atomic mass is 32.2. The number of carbonyl (C=O) groups excluding carboxylic acids is 2. The lowest BCUT2D eigenvalue weighted by atomic mass is 10.1. The summed E-state index contributed by atoms with van der Waals surface area (Å²) < 4.78 is 23.0. The highest BCUT2D eigenvalue weighted by Crippen LogP contribution is 2.36. The fourth-order valence-corrected chi connectivity index (χ4v) is 5.04. The maximum Gasteiger partial charge on any atom is 0.255 e. The van der Waals surface area contributed by atoms with Gasteiger partial charge in [0.15, 0.2) is 0 Å². The number of amides is 2. The van der Waals surface area contributed by atoms with Crippen molar-refractivity contribution in [1.82, 2.24) is 0 Å². The number of sulfonamides is 1. The Morgan fingerprint density at radius 3 is 1.92 bits per heavy atom. The average molecular weight is 532 g/mol. The predicted molar refractivity (Wildman–Crippen MR) is 147 cm³/mol. The predicted octanol–water partition coefficient (Wildman–Crippen LogP) is 5.37. The molecule has 0 saturated heterocycles. The number of nitrogens with two attached hydrogens (primary N) is 1. The van der Waals surface area contributed by atoms with Crippen molar-refractivity contribution in [3.8, 4) is 0 Å². The van der Waals surface area contributed by atoms with Gasteiger partial charge in [0, 0.05) is 21.8 Å². The van der Waals surface area contributed by atoms with Gasteiger partial charge < -0.3 is 10.6 Å². The van der Waals surface area contributed by atoms with Gasteiger partial charge in [-0.3, -0.25) is 9.59 Å². The Balaban J connectivity index is 1.48. The molecule has 1 unspecified atom stereocenters. The number of benzene rings is 4. The highest BCUT2D eigenvalue weighted by molar-refractivity contribution is 8.00. The molecular formula is C28H25N3O4S2. The maximum absolute atomic E-state index is 13.3.